The topological polar surface area (TPSA) is 17.1 Å². The summed E-state index contributed by atoms with van der Waals surface area (Å²) in [6.07, 6.45) is 0. The Morgan fingerprint density at radius 2 is 0.812 bits per heavy atom. The van der Waals surface area contributed by atoms with E-state index in [1.807, 2.05) is 12.1 Å². The third-order valence-electron chi connectivity index (χ3n) is 4.75. The van der Waals surface area contributed by atoms with Gasteiger partial charge in [0.1, 0.15) is 10.8 Å². The average molecular weight is 543 g/mol. The molecule has 8 heteroatoms. The van der Waals surface area contributed by atoms with Crippen LogP contribution in [0.25, 0.3) is 39.0 Å². The molecular weight excluding hydrogens is 529 g/mol. The molecule has 6 rings (SSSR count). The molecule has 0 fully saturated rings. The van der Waals surface area contributed by atoms with Crippen LogP contribution in [0.1, 0.15) is 0 Å². The van der Waals surface area contributed by atoms with E-state index in [0.29, 0.717) is 0 Å². The SMILES string of the molecule is O=S(c1ccc(-c2ccc(-c3cccs3)s2)s1)c1ccc(-c2ccc(-c3cccs3)s2)s1. The molecule has 0 atom stereocenters. The smallest absolute Gasteiger partial charge is 0.105 e. The van der Waals surface area contributed by atoms with Gasteiger partial charge in [-0.05, 0) is 71.4 Å². The molecule has 0 bridgehead atoms. The standard InChI is InChI=1S/C24H14OS7/c25-32(23-11-9-21(30-23)19-7-5-17(28-19)15-3-1-13-26-15)24-12-10-22(31-24)20-8-6-18(29-20)16-4-2-14-27-16/h1-14H. The van der Waals surface area contributed by atoms with Gasteiger partial charge in [-0.25, -0.2) is 4.21 Å². The first-order chi connectivity index (χ1) is 15.7. The molecule has 32 heavy (non-hydrogen) atoms. The summed E-state index contributed by atoms with van der Waals surface area (Å²) in [6.45, 7) is 0. The van der Waals surface area contributed by atoms with Crippen molar-refractivity contribution < 1.29 is 4.21 Å². The van der Waals surface area contributed by atoms with E-state index in [4.69, 9.17) is 0 Å². The largest absolute Gasteiger partial charge is 0.247 e. The van der Waals surface area contributed by atoms with E-state index in [9.17, 15) is 4.21 Å². The van der Waals surface area contributed by atoms with Gasteiger partial charge in [-0.2, -0.15) is 0 Å². The number of rotatable bonds is 6. The van der Waals surface area contributed by atoms with Crippen LogP contribution in [-0.2, 0) is 10.8 Å². The summed E-state index contributed by atoms with van der Waals surface area (Å²) in [6, 6.07) is 25.4. The van der Waals surface area contributed by atoms with Gasteiger partial charge in [-0.1, -0.05) is 12.1 Å². The van der Waals surface area contributed by atoms with Crippen molar-refractivity contribution in [2.24, 2.45) is 0 Å². The second kappa shape index (κ2) is 8.95. The second-order valence-corrected chi connectivity index (χ2v) is 15.0. The third kappa shape index (κ3) is 4.05. The first-order valence-corrected chi connectivity index (χ1v) is 15.8. The quantitative estimate of drug-likeness (QED) is 0.205. The molecule has 158 valence electrons. The fraction of sp³-hybridized carbons (Fsp3) is 0. The molecule has 0 unspecified atom stereocenters. The van der Waals surface area contributed by atoms with Gasteiger partial charge >= 0.3 is 0 Å². The molecule has 0 saturated carbocycles. The summed E-state index contributed by atoms with van der Waals surface area (Å²) in [5.74, 6) is 0. The van der Waals surface area contributed by atoms with Crippen LogP contribution in [0, 0.1) is 0 Å². The van der Waals surface area contributed by atoms with Crippen molar-refractivity contribution in [1.82, 2.24) is 0 Å². The Kier molecular flexibility index (Phi) is 5.85. The predicted octanol–water partition coefficient (Wildman–Crippen LogP) is 9.89. The predicted molar refractivity (Wildman–Crippen MR) is 147 cm³/mol. The van der Waals surface area contributed by atoms with Crippen molar-refractivity contribution in [3.8, 4) is 39.0 Å². The Morgan fingerprint density at radius 3 is 1.22 bits per heavy atom. The van der Waals surface area contributed by atoms with Crippen molar-refractivity contribution in [3.63, 3.8) is 0 Å². The zero-order valence-corrected chi connectivity index (χ0v) is 22.1. The molecule has 0 spiro atoms. The Balaban J connectivity index is 1.22. The fourth-order valence-electron chi connectivity index (χ4n) is 3.25. The average Bonchev–Trinajstić information content (AvgIpc) is 3.66. The van der Waals surface area contributed by atoms with Gasteiger partial charge in [-0.3, -0.25) is 0 Å². The maximum atomic E-state index is 13.3. The highest BCUT2D eigenvalue weighted by Crippen LogP contribution is 2.43. The molecule has 0 aliphatic rings. The normalized spacial score (nSPS) is 11.5. The Hall–Kier alpha value is -1.65. The molecule has 0 saturated heterocycles. The number of hydrogen-bond donors (Lipinski definition) is 0. The van der Waals surface area contributed by atoms with Gasteiger partial charge in [0.15, 0.2) is 0 Å². The van der Waals surface area contributed by atoms with E-state index in [2.05, 4.69) is 71.4 Å². The van der Waals surface area contributed by atoms with Crippen LogP contribution in [0.5, 0.6) is 0 Å². The van der Waals surface area contributed by atoms with Crippen molar-refractivity contribution in [2.75, 3.05) is 0 Å². The van der Waals surface area contributed by atoms with Crippen LogP contribution in [0.15, 0.2) is 92.0 Å². The summed E-state index contributed by atoms with van der Waals surface area (Å²) in [7, 11) is -1.15. The minimum atomic E-state index is -1.15. The maximum absolute atomic E-state index is 13.3. The molecule has 6 heterocycles. The minimum absolute atomic E-state index is 0.907. The molecular formula is C24H14OS7. The molecule has 0 radical (unpaired) electrons. The van der Waals surface area contributed by atoms with Gasteiger partial charge in [0.25, 0.3) is 0 Å². The van der Waals surface area contributed by atoms with Gasteiger partial charge < -0.3 is 0 Å². The summed E-state index contributed by atoms with van der Waals surface area (Å²) < 4.78 is 15.1. The molecule has 6 aromatic heterocycles. The lowest BCUT2D eigenvalue weighted by Gasteiger charge is -1.95. The van der Waals surface area contributed by atoms with E-state index in [1.165, 1.54) is 39.0 Å². The highest BCUT2D eigenvalue weighted by atomic mass is 32.2. The highest BCUT2D eigenvalue weighted by Gasteiger charge is 2.16. The summed E-state index contributed by atoms with van der Waals surface area (Å²) >= 11 is 10.4. The van der Waals surface area contributed by atoms with Crippen molar-refractivity contribution in [1.29, 1.82) is 0 Å². The Bertz CT molecular complexity index is 1380. The van der Waals surface area contributed by atoms with Crippen molar-refractivity contribution >= 4 is 78.8 Å². The van der Waals surface area contributed by atoms with Gasteiger partial charge in [0.05, 0.1) is 8.42 Å². The second-order valence-electron chi connectivity index (χ2n) is 6.79. The van der Waals surface area contributed by atoms with Gasteiger partial charge in [0.2, 0.25) is 0 Å². The summed E-state index contributed by atoms with van der Waals surface area (Å²) in [5.41, 5.74) is 0. The van der Waals surface area contributed by atoms with Crippen molar-refractivity contribution in [2.45, 2.75) is 8.42 Å². The number of hydrogen-bond acceptors (Lipinski definition) is 7. The molecule has 0 aromatic carbocycles. The van der Waals surface area contributed by atoms with E-state index in [0.717, 1.165) is 8.42 Å². The molecule has 6 aromatic rings. The molecule has 0 N–H and O–H groups in total. The van der Waals surface area contributed by atoms with Crippen LogP contribution in [0.2, 0.25) is 0 Å². The zero-order chi connectivity index (χ0) is 21.5. The van der Waals surface area contributed by atoms with Crippen molar-refractivity contribution in [3.05, 3.63) is 83.6 Å². The van der Waals surface area contributed by atoms with Crippen LogP contribution < -0.4 is 0 Å². The highest BCUT2D eigenvalue weighted by molar-refractivity contribution is 7.89. The maximum Gasteiger partial charge on any atom is 0.105 e. The lowest BCUT2D eigenvalue weighted by Crippen LogP contribution is -1.83. The monoisotopic (exact) mass is 542 g/mol. The molecule has 0 aliphatic carbocycles. The van der Waals surface area contributed by atoms with Crippen LogP contribution >= 0.6 is 68.0 Å². The van der Waals surface area contributed by atoms with E-state index < -0.39 is 10.8 Å². The van der Waals surface area contributed by atoms with E-state index >= 15 is 0 Å². The summed E-state index contributed by atoms with van der Waals surface area (Å²) in [4.78, 5) is 9.97. The Labute approximate surface area is 212 Å². The summed E-state index contributed by atoms with van der Waals surface area (Å²) in [5, 5.41) is 4.21. The van der Waals surface area contributed by atoms with Gasteiger partial charge in [0, 0.05) is 39.0 Å². The number of thiophene rings is 6. The van der Waals surface area contributed by atoms with E-state index in [-0.39, 0.29) is 0 Å². The van der Waals surface area contributed by atoms with Crippen LogP contribution in [0.4, 0.5) is 0 Å². The first kappa shape index (κ1) is 20.9. The Morgan fingerprint density at radius 1 is 0.438 bits per heavy atom. The fourth-order valence-corrected chi connectivity index (χ4v) is 11.0. The molecule has 1 nitrogen and oxygen atoms in total. The van der Waals surface area contributed by atoms with Gasteiger partial charge in [-0.15, -0.1) is 68.0 Å². The zero-order valence-electron chi connectivity index (χ0n) is 16.3. The molecule has 0 aliphatic heterocycles. The first-order valence-electron chi connectivity index (χ1n) is 9.64. The van der Waals surface area contributed by atoms with E-state index in [1.54, 1.807) is 68.0 Å². The third-order valence-corrected chi connectivity index (χ3v) is 13.6. The van der Waals surface area contributed by atoms with Crippen LogP contribution in [-0.4, -0.2) is 4.21 Å². The lowest BCUT2D eigenvalue weighted by atomic mass is 10.3. The lowest BCUT2D eigenvalue weighted by molar-refractivity contribution is 0.686. The van der Waals surface area contributed by atoms with Crippen LogP contribution in [0.3, 0.4) is 0 Å². The molecule has 0 amide bonds. The minimum Gasteiger partial charge on any atom is -0.247 e.